The Morgan fingerprint density at radius 3 is 2.83 bits per heavy atom. The second kappa shape index (κ2) is 6.21. The fourth-order valence-electron chi connectivity index (χ4n) is 4.70. The summed E-state index contributed by atoms with van der Waals surface area (Å²) in [7, 11) is 3.74. The summed E-state index contributed by atoms with van der Waals surface area (Å²) in [6.07, 6.45) is 8.57. The molecule has 24 heavy (non-hydrogen) atoms. The number of para-hydroxylation sites is 1. The summed E-state index contributed by atoms with van der Waals surface area (Å²) < 4.78 is 4.36. The van der Waals surface area contributed by atoms with Crippen LogP contribution in [0.25, 0.3) is 0 Å². The second-order valence-electron chi connectivity index (χ2n) is 7.08. The van der Waals surface area contributed by atoms with Crippen molar-refractivity contribution in [3.63, 3.8) is 0 Å². The first-order valence-corrected chi connectivity index (χ1v) is 11.8. The van der Waals surface area contributed by atoms with Gasteiger partial charge in [0.1, 0.15) is 11.4 Å². The number of anilines is 1. The fourth-order valence-corrected chi connectivity index (χ4v) is 6.34. The molecule has 6 heteroatoms. The highest BCUT2D eigenvalue weighted by molar-refractivity contribution is 14.2. The number of hydrogen-bond acceptors (Lipinski definition) is 4. The van der Waals surface area contributed by atoms with Crippen molar-refractivity contribution in [3.8, 4) is 0 Å². The number of aliphatic hydroxyl groups is 1. The summed E-state index contributed by atoms with van der Waals surface area (Å²) in [5.41, 5.74) is 1.66. The molecule has 2 atom stereocenters. The molecule has 1 aromatic carbocycles. The van der Waals surface area contributed by atoms with Crippen LogP contribution in [-0.4, -0.2) is 21.2 Å². The molecule has 4 rings (SSSR count). The quantitative estimate of drug-likeness (QED) is 0.544. The molecule has 0 bridgehead atoms. The van der Waals surface area contributed by atoms with Crippen LogP contribution >= 0.6 is 30.3 Å². The zero-order chi connectivity index (χ0) is 16.8. The first kappa shape index (κ1) is 16.7. The highest BCUT2D eigenvalue weighted by Crippen LogP contribution is 2.58. The van der Waals surface area contributed by atoms with Gasteiger partial charge in [-0.25, -0.2) is 4.98 Å². The largest absolute Gasteiger partial charge is 0.381 e. The van der Waals surface area contributed by atoms with Gasteiger partial charge in [0.15, 0.2) is 0 Å². The van der Waals surface area contributed by atoms with Gasteiger partial charge in [-0.2, -0.15) is 0 Å². The zero-order valence-corrected chi connectivity index (χ0v) is 16.8. The van der Waals surface area contributed by atoms with Crippen molar-refractivity contribution in [3.05, 3.63) is 48.0 Å². The molecule has 0 amide bonds. The maximum atomic E-state index is 11.8. The number of hydrogen-bond donors (Lipinski definition) is 1. The molecule has 1 aromatic heterocycles. The highest BCUT2D eigenvalue weighted by atomic mass is 127. The van der Waals surface area contributed by atoms with E-state index in [9.17, 15) is 5.11 Å². The maximum absolute atomic E-state index is 11.8. The molecule has 1 aliphatic carbocycles. The average molecular weight is 455 g/mol. The first-order chi connectivity index (χ1) is 11.6. The smallest absolute Gasteiger partial charge is 0.141 e. The van der Waals surface area contributed by atoms with E-state index >= 15 is 0 Å². The Bertz CT molecular complexity index is 751. The second-order valence-corrected chi connectivity index (χ2v) is 8.84. The van der Waals surface area contributed by atoms with E-state index in [1.807, 2.05) is 17.8 Å². The third kappa shape index (κ3) is 2.41. The summed E-state index contributed by atoms with van der Waals surface area (Å²) in [5.74, 6) is 0.827. The average Bonchev–Trinajstić information content (AvgIpc) is 3.09. The third-order valence-corrected chi connectivity index (χ3v) is 7.90. The van der Waals surface area contributed by atoms with Crippen LogP contribution < -0.4 is 4.31 Å². The van der Waals surface area contributed by atoms with Gasteiger partial charge in [-0.3, -0.25) is 0 Å². The molecule has 1 fully saturated rings. The molecule has 2 aliphatic rings. The number of aromatic nitrogens is 2. The van der Waals surface area contributed by atoms with Crippen molar-refractivity contribution < 1.29 is 5.11 Å². The van der Waals surface area contributed by atoms with Crippen LogP contribution in [-0.2, 0) is 19.1 Å². The number of rotatable bonds is 2. The Balaban J connectivity index is 1.81. The molecule has 0 saturated heterocycles. The molecule has 1 spiro atoms. The highest BCUT2D eigenvalue weighted by Gasteiger charge is 2.57. The summed E-state index contributed by atoms with van der Waals surface area (Å²) >= 11 is 2.36. The van der Waals surface area contributed by atoms with Crippen molar-refractivity contribution in [1.82, 2.24) is 9.55 Å². The lowest BCUT2D eigenvalue weighted by atomic mass is 9.68. The van der Waals surface area contributed by atoms with E-state index in [2.05, 4.69) is 54.8 Å². The molecule has 1 N–H and O–H groups in total. The summed E-state index contributed by atoms with van der Waals surface area (Å²) in [6, 6.07) is 8.65. The number of benzene rings is 1. The van der Waals surface area contributed by atoms with Gasteiger partial charge in [-0.15, -0.1) is 0 Å². The van der Waals surface area contributed by atoms with Crippen LogP contribution in [0.3, 0.4) is 0 Å². The molecule has 1 saturated carbocycles. The monoisotopic (exact) mass is 455 g/mol. The van der Waals surface area contributed by atoms with E-state index in [-0.39, 0.29) is 5.41 Å². The molecule has 2 heterocycles. The minimum atomic E-state index is -0.843. The van der Waals surface area contributed by atoms with Crippen molar-refractivity contribution in [1.29, 1.82) is 0 Å². The molecule has 1 aliphatic heterocycles. The lowest BCUT2D eigenvalue weighted by Gasteiger charge is -2.41. The summed E-state index contributed by atoms with van der Waals surface area (Å²) in [5, 5.41) is 11.8. The molecule has 0 radical (unpaired) electrons. The molecule has 128 valence electrons. The van der Waals surface area contributed by atoms with Crippen molar-refractivity contribution in [2.24, 2.45) is 12.5 Å². The topological polar surface area (TPSA) is 41.3 Å². The first-order valence-electron chi connectivity index (χ1n) is 8.44. The SMILES string of the molecule is Cn1ccnc1C1(O)CCCC12CCN(SI)c1ccccc1C2. The van der Waals surface area contributed by atoms with Crippen molar-refractivity contribution in [2.45, 2.75) is 37.7 Å². The Labute approximate surface area is 159 Å². The third-order valence-electron chi connectivity index (χ3n) is 5.93. The maximum Gasteiger partial charge on any atom is 0.141 e. The Kier molecular flexibility index (Phi) is 4.33. The normalized spacial score (nSPS) is 29.7. The van der Waals surface area contributed by atoms with Crippen molar-refractivity contribution in [2.75, 3.05) is 10.8 Å². The number of imidazole rings is 1. The standard InChI is InChI=1S/C18H22IN3OS/c1-21-12-10-20-16(21)18(23)8-4-7-17(18)9-11-22(24-19)15-6-3-2-5-14(15)13-17/h2-3,5-6,10,12,23H,4,7-9,11,13H2,1H3. The van der Waals surface area contributed by atoms with Crippen LogP contribution in [0.1, 0.15) is 37.1 Å². The van der Waals surface area contributed by atoms with Gasteiger partial charge in [0.05, 0.1) is 5.69 Å². The summed E-state index contributed by atoms with van der Waals surface area (Å²) in [6.45, 7) is 0.956. The lowest BCUT2D eigenvalue weighted by molar-refractivity contribution is -0.0795. The predicted molar refractivity (Wildman–Crippen MR) is 107 cm³/mol. The molecule has 4 nitrogen and oxygen atoms in total. The van der Waals surface area contributed by atoms with E-state index in [1.165, 1.54) is 11.3 Å². The van der Waals surface area contributed by atoms with Gasteiger partial charge in [0.2, 0.25) is 0 Å². The van der Waals surface area contributed by atoms with Crippen LogP contribution in [0, 0.1) is 5.41 Å². The van der Waals surface area contributed by atoms with E-state index < -0.39 is 5.60 Å². The van der Waals surface area contributed by atoms with Crippen LogP contribution in [0.4, 0.5) is 5.69 Å². The zero-order valence-electron chi connectivity index (χ0n) is 13.8. The molecular weight excluding hydrogens is 433 g/mol. The minimum absolute atomic E-state index is 0.136. The fraction of sp³-hybridized carbons (Fsp3) is 0.500. The Morgan fingerprint density at radius 1 is 1.25 bits per heavy atom. The van der Waals surface area contributed by atoms with Crippen LogP contribution in [0.5, 0.6) is 0 Å². The van der Waals surface area contributed by atoms with Gasteiger partial charge >= 0.3 is 0 Å². The van der Waals surface area contributed by atoms with E-state index in [4.69, 9.17) is 0 Å². The lowest BCUT2D eigenvalue weighted by Crippen LogP contribution is -2.45. The minimum Gasteiger partial charge on any atom is -0.381 e. The number of nitrogens with zero attached hydrogens (tertiary/aromatic N) is 3. The van der Waals surface area contributed by atoms with E-state index in [0.717, 1.165) is 44.5 Å². The van der Waals surface area contributed by atoms with Gasteiger partial charge in [-0.1, -0.05) is 18.2 Å². The van der Waals surface area contributed by atoms with E-state index in [0.29, 0.717) is 0 Å². The van der Waals surface area contributed by atoms with Gasteiger partial charge < -0.3 is 14.0 Å². The van der Waals surface area contributed by atoms with Gasteiger partial charge in [0.25, 0.3) is 0 Å². The molecular formula is C18H22IN3OS. The van der Waals surface area contributed by atoms with Crippen LogP contribution in [0.2, 0.25) is 0 Å². The number of aryl methyl sites for hydroxylation is 1. The number of fused-ring (bicyclic) bond motifs is 1. The summed E-state index contributed by atoms with van der Waals surface area (Å²) in [4.78, 5) is 4.54. The predicted octanol–water partition coefficient (Wildman–Crippen LogP) is 4.23. The van der Waals surface area contributed by atoms with Gasteiger partial charge in [-0.05, 0) is 43.7 Å². The Morgan fingerprint density at radius 2 is 2.08 bits per heavy atom. The van der Waals surface area contributed by atoms with E-state index in [1.54, 1.807) is 15.3 Å². The molecule has 2 unspecified atom stereocenters. The number of halogens is 1. The van der Waals surface area contributed by atoms with Crippen LogP contribution in [0.15, 0.2) is 36.7 Å². The van der Waals surface area contributed by atoms with Crippen molar-refractivity contribution >= 4 is 36.0 Å². The molecule has 2 aromatic rings. The van der Waals surface area contributed by atoms with Gasteiger partial charge in [0, 0.05) is 61.7 Å². The Hall–Kier alpha value is -0.730.